The summed E-state index contributed by atoms with van der Waals surface area (Å²) in [5.74, 6) is 0.200. The summed E-state index contributed by atoms with van der Waals surface area (Å²) in [4.78, 5) is 24.2. The molecule has 0 atom stereocenters. The third kappa shape index (κ3) is 3.13. The SMILES string of the molecule is Cc1ccc2nc(NC(=O)CSc3nc4ccccc4[nH]3)sc2c1. The topological polar surface area (TPSA) is 70.7 Å². The van der Waals surface area contributed by atoms with E-state index in [-0.39, 0.29) is 11.7 Å². The zero-order chi connectivity index (χ0) is 16.5. The minimum Gasteiger partial charge on any atom is -0.333 e. The lowest BCUT2D eigenvalue weighted by Gasteiger charge is -1.99. The highest BCUT2D eigenvalue weighted by Crippen LogP contribution is 2.27. The number of amides is 1. The maximum absolute atomic E-state index is 12.1. The molecule has 0 aliphatic carbocycles. The van der Waals surface area contributed by atoms with Crippen molar-refractivity contribution < 1.29 is 4.79 Å². The first kappa shape index (κ1) is 15.2. The number of nitrogens with one attached hydrogen (secondary N) is 2. The lowest BCUT2D eigenvalue weighted by molar-refractivity contribution is -0.113. The number of thiazole rings is 1. The van der Waals surface area contributed by atoms with Crippen LogP contribution < -0.4 is 5.32 Å². The van der Waals surface area contributed by atoms with E-state index in [4.69, 9.17) is 0 Å². The number of fused-ring (bicyclic) bond motifs is 2. The van der Waals surface area contributed by atoms with Crippen molar-refractivity contribution in [3.05, 3.63) is 48.0 Å². The number of rotatable bonds is 4. The molecule has 2 N–H and O–H groups in total. The molecule has 0 saturated heterocycles. The number of nitrogens with zero attached hydrogens (tertiary/aromatic N) is 2. The lowest BCUT2D eigenvalue weighted by Crippen LogP contribution is -2.13. The maximum atomic E-state index is 12.1. The van der Waals surface area contributed by atoms with E-state index < -0.39 is 0 Å². The van der Waals surface area contributed by atoms with Crippen molar-refractivity contribution in [1.29, 1.82) is 0 Å². The Morgan fingerprint density at radius 3 is 2.96 bits per heavy atom. The summed E-state index contributed by atoms with van der Waals surface area (Å²) in [6.45, 7) is 2.04. The lowest BCUT2D eigenvalue weighted by atomic mass is 10.2. The van der Waals surface area contributed by atoms with Crippen LogP contribution in [0.2, 0.25) is 0 Å². The molecule has 4 rings (SSSR count). The summed E-state index contributed by atoms with van der Waals surface area (Å²) in [7, 11) is 0. The number of H-pyrrole nitrogens is 1. The fourth-order valence-electron chi connectivity index (χ4n) is 2.37. The second-order valence-electron chi connectivity index (χ2n) is 5.39. The van der Waals surface area contributed by atoms with Gasteiger partial charge in [-0.15, -0.1) is 0 Å². The van der Waals surface area contributed by atoms with Crippen LogP contribution in [0.5, 0.6) is 0 Å². The summed E-state index contributed by atoms with van der Waals surface area (Å²) >= 11 is 2.87. The van der Waals surface area contributed by atoms with Gasteiger partial charge in [-0.25, -0.2) is 9.97 Å². The maximum Gasteiger partial charge on any atom is 0.236 e. The Morgan fingerprint density at radius 1 is 1.21 bits per heavy atom. The number of aryl methyl sites for hydroxylation is 1. The Balaban J connectivity index is 1.42. The standard InChI is InChI=1S/C17H14N4OS2/c1-10-6-7-13-14(8-10)24-17(20-13)21-15(22)9-23-16-18-11-4-2-3-5-12(11)19-16/h2-8H,9H2,1H3,(H,18,19)(H,20,21,22). The average Bonchev–Trinajstić information content (AvgIpc) is 3.15. The van der Waals surface area contributed by atoms with E-state index in [2.05, 4.69) is 26.3 Å². The third-order valence-corrected chi connectivity index (χ3v) is 5.30. The van der Waals surface area contributed by atoms with Crippen molar-refractivity contribution in [2.24, 2.45) is 0 Å². The molecular formula is C17H14N4OS2. The fraction of sp³-hybridized carbons (Fsp3) is 0.118. The van der Waals surface area contributed by atoms with Gasteiger partial charge in [0.1, 0.15) is 0 Å². The Bertz CT molecular complexity index is 1000. The molecule has 0 aliphatic rings. The van der Waals surface area contributed by atoms with Gasteiger partial charge in [0.15, 0.2) is 10.3 Å². The molecule has 0 aliphatic heterocycles. The highest BCUT2D eigenvalue weighted by atomic mass is 32.2. The number of para-hydroxylation sites is 2. The number of carbonyl (C=O) groups is 1. The first-order valence-corrected chi connectivity index (χ1v) is 9.22. The number of hydrogen-bond acceptors (Lipinski definition) is 5. The van der Waals surface area contributed by atoms with E-state index in [1.807, 2.05) is 43.3 Å². The zero-order valence-corrected chi connectivity index (χ0v) is 14.5. The second-order valence-corrected chi connectivity index (χ2v) is 7.38. The van der Waals surface area contributed by atoms with Crippen LogP contribution in [-0.2, 0) is 4.79 Å². The van der Waals surface area contributed by atoms with Crippen LogP contribution in [0.25, 0.3) is 21.3 Å². The Labute approximate surface area is 146 Å². The van der Waals surface area contributed by atoms with E-state index in [1.165, 1.54) is 28.7 Å². The summed E-state index contributed by atoms with van der Waals surface area (Å²) in [6, 6.07) is 13.9. The minimum absolute atomic E-state index is 0.0868. The van der Waals surface area contributed by atoms with Crippen LogP contribution in [0.1, 0.15) is 5.56 Å². The fourth-order valence-corrected chi connectivity index (χ4v) is 4.04. The number of anilines is 1. The van der Waals surface area contributed by atoms with Crippen LogP contribution in [0.15, 0.2) is 47.6 Å². The Morgan fingerprint density at radius 2 is 2.08 bits per heavy atom. The van der Waals surface area contributed by atoms with Gasteiger partial charge in [0.25, 0.3) is 0 Å². The van der Waals surface area contributed by atoms with Crippen LogP contribution in [0, 0.1) is 6.92 Å². The molecular weight excluding hydrogens is 340 g/mol. The van der Waals surface area contributed by atoms with Crippen molar-refractivity contribution in [3.63, 3.8) is 0 Å². The van der Waals surface area contributed by atoms with Crippen molar-refractivity contribution in [1.82, 2.24) is 15.0 Å². The molecule has 0 radical (unpaired) electrons. The predicted molar refractivity (Wildman–Crippen MR) is 99.8 cm³/mol. The molecule has 0 saturated carbocycles. The number of hydrogen-bond donors (Lipinski definition) is 2. The van der Waals surface area contributed by atoms with E-state index in [0.29, 0.717) is 5.13 Å². The number of aromatic nitrogens is 3. The smallest absolute Gasteiger partial charge is 0.236 e. The monoisotopic (exact) mass is 354 g/mol. The Kier molecular flexibility index (Phi) is 3.95. The molecule has 0 unspecified atom stereocenters. The summed E-state index contributed by atoms with van der Waals surface area (Å²) in [5, 5.41) is 4.23. The molecule has 4 aromatic rings. The number of benzene rings is 2. The molecule has 2 aromatic heterocycles. The van der Waals surface area contributed by atoms with Gasteiger partial charge in [-0.05, 0) is 36.8 Å². The van der Waals surface area contributed by atoms with Crippen LogP contribution in [0.4, 0.5) is 5.13 Å². The minimum atomic E-state index is -0.0868. The van der Waals surface area contributed by atoms with Crippen molar-refractivity contribution >= 4 is 55.4 Å². The second kappa shape index (κ2) is 6.26. The van der Waals surface area contributed by atoms with Crippen molar-refractivity contribution in [2.45, 2.75) is 12.1 Å². The van der Waals surface area contributed by atoms with Gasteiger partial charge in [-0.2, -0.15) is 0 Å². The van der Waals surface area contributed by atoms with Crippen LogP contribution >= 0.6 is 23.1 Å². The molecule has 24 heavy (non-hydrogen) atoms. The zero-order valence-electron chi connectivity index (χ0n) is 12.9. The summed E-state index contributed by atoms with van der Waals surface area (Å²) < 4.78 is 1.08. The van der Waals surface area contributed by atoms with Gasteiger partial charge in [-0.3, -0.25) is 4.79 Å². The molecule has 7 heteroatoms. The molecule has 5 nitrogen and oxygen atoms in total. The van der Waals surface area contributed by atoms with Crippen LogP contribution in [0.3, 0.4) is 0 Å². The molecule has 120 valence electrons. The Hall–Kier alpha value is -2.38. The molecule has 0 bridgehead atoms. The predicted octanol–water partition coefficient (Wildman–Crippen LogP) is 4.21. The first-order valence-electron chi connectivity index (χ1n) is 7.42. The molecule has 2 heterocycles. The average molecular weight is 354 g/mol. The quantitative estimate of drug-likeness (QED) is 0.539. The van der Waals surface area contributed by atoms with Gasteiger partial charge >= 0.3 is 0 Å². The molecule has 2 aromatic carbocycles. The number of imidazole rings is 1. The van der Waals surface area contributed by atoms with E-state index in [9.17, 15) is 4.79 Å². The van der Waals surface area contributed by atoms with Crippen molar-refractivity contribution in [2.75, 3.05) is 11.1 Å². The third-order valence-electron chi connectivity index (χ3n) is 3.50. The van der Waals surface area contributed by atoms with Gasteiger partial charge < -0.3 is 10.3 Å². The van der Waals surface area contributed by atoms with Gasteiger partial charge in [0.05, 0.1) is 27.0 Å². The van der Waals surface area contributed by atoms with Crippen LogP contribution in [-0.4, -0.2) is 26.6 Å². The first-order chi connectivity index (χ1) is 11.7. The number of carbonyl (C=O) groups excluding carboxylic acids is 1. The van der Waals surface area contributed by atoms with E-state index in [1.54, 1.807) is 0 Å². The van der Waals surface area contributed by atoms with Gasteiger partial charge in [-0.1, -0.05) is 41.3 Å². The highest BCUT2D eigenvalue weighted by molar-refractivity contribution is 7.99. The van der Waals surface area contributed by atoms with Crippen molar-refractivity contribution in [3.8, 4) is 0 Å². The molecule has 1 amide bonds. The normalized spacial score (nSPS) is 11.2. The molecule has 0 spiro atoms. The molecule has 0 fully saturated rings. The van der Waals surface area contributed by atoms with E-state index in [0.717, 1.165) is 26.4 Å². The number of thioether (sulfide) groups is 1. The number of aromatic amines is 1. The highest BCUT2D eigenvalue weighted by Gasteiger charge is 2.10. The van der Waals surface area contributed by atoms with Gasteiger partial charge in [0, 0.05) is 0 Å². The largest absolute Gasteiger partial charge is 0.333 e. The van der Waals surface area contributed by atoms with E-state index >= 15 is 0 Å². The van der Waals surface area contributed by atoms with Gasteiger partial charge in [0.2, 0.25) is 5.91 Å². The summed E-state index contributed by atoms with van der Waals surface area (Å²) in [5.41, 5.74) is 3.97. The summed E-state index contributed by atoms with van der Waals surface area (Å²) in [6.07, 6.45) is 0.